The van der Waals surface area contributed by atoms with Crippen LogP contribution in [-0.4, -0.2) is 88.6 Å². The van der Waals surface area contributed by atoms with E-state index in [1.54, 1.807) is 13.8 Å². The van der Waals surface area contributed by atoms with E-state index in [2.05, 4.69) is 25.1 Å². The number of rotatable bonds is 6. The lowest BCUT2D eigenvalue weighted by Crippen LogP contribution is -2.58. The second-order valence-corrected chi connectivity index (χ2v) is 20.4. The molecular weight excluding hydrogens is 808 g/mol. The third kappa shape index (κ3) is 8.24. The zero-order chi connectivity index (χ0) is 42.9. The molecule has 6 aliphatic rings. The summed E-state index contributed by atoms with van der Waals surface area (Å²) in [4.78, 5) is 63.0. The summed E-state index contributed by atoms with van der Waals surface area (Å²) in [6.45, 7) is 5.04. The number of pyridine rings is 1. The van der Waals surface area contributed by atoms with E-state index in [0.717, 1.165) is 25.7 Å². The average molecular weight is 860 g/mol. The Hall–Kier alpha value is -4.61. The fourth-order valence-electron chi connectivity index (χ4n) is 9.49. The minimum absolute atomic E-state index is 0.0392. The zero-order valence-corrected chi connectivity index (χ0v) is 34.9. The number of benzene rings is 1. The van der Waals surface area contributed by atoms with Crippen molar-refractivity contribution in [3.05, 3.63) is 41.6 Å². The first-order chi connectivity index (χ1) is 28.2. The van der Waals surface area contributed by atoms with E-state index in [1.165, 1.54) is 23.1 Å². The van der Waals surface area contributed by atoms with E-state index >= 15 is 0 Å². The van der Waals surface area contributed by atoms with Crippen LogP contribution in [0.3, 0.4) is 0 Å². The van der Waals surface area contributed by atoms with Gasteiger partial charge < -0.3 is 29.7 Å². The van der Waals surface area contributed by atoms with E-state index in [1.807, 2.05) is 19.1 Å². The molecular formula is C42H52F3N5O9S. The lowest BCUT2D eigenvalue weighted by molar-refractivity contribution is -0.274. The third-order valence-electron chi connectivity index (χ3n) is 13.5. The molecule has 18 heteroatoms. The largest absolute Gasteiger partial charge is 0.573 e. The van der Waals surface area contributed by atoms with Crippen molar-refractivity contribution in [2.45, 2.75) is 157 Å². The number of hydrogen-bond acceptors (Lipinski definition) is 10. The van der Waals surface area contributed by atoms with Crippen LogP contribution in [0.5, 0.6) is 11.5 Å². The summed E-state index contributed by atoms with van der Waals surface area (Å²) in [5, 5.41) is 6.11. The Labute approximate surface area is 346 Å². The summed E-state index contributed by atoms with van der Waals surface area (Å²) in [6, 6.07) is 1.61. The molecule has 4 fully saturated rings. The molecule has 1 spiro atoms. The van der Waals surface area contributed by atoms with Gasteiger partial charge in [0.2, 0.25) is 21.8 Å². The third-order valence-corrected chi connectivity index (χ3v) is 15.6. The highest BCUT2D eigenvalue weighted by atomic mass is 32.2. The smallest absolute Gasteiger partial charge is 0.483 e. The number of hydrogen-bond donors (Lipinski definition) is 3. The first kappa shape index (κ1) is 42.1. The van der Waals surface area contributed by atoms with Crippen LogP contribution in [0, 0.1) is 12.8 Å². The van der Waals surface area contributed by atoms with Crippen molar-refractivity contribution >= 4 is 44.7 Å². The summed E-state index contributed by atoms with van der Waals surface area (Å²) in [5.41, 5.74) is -1.94. The second kappa shape index (κ2) is 15.1. The maximum Gasteiger partial charge on any atom is 0.573 e. The molecule has 2 aromatic rings. The molecule has 60 heavy (non-hydrogen) atoms. The number of aromatic nitrogens is 1. The lowest BCUT2D eigenvalue weighted by Gasteiger charge is -2.37. The maximum absolute atomic E-state index is 14.9. The number of carbonyl (C=O) groups excluding carboxylic acids is 4. The number of alkyl carbamates (subject to hydrolysis) is 1. The highest BCUT2D eigenvalue weighted by Gasteiger charge is 2.64. The first-order valence-corrected chi connectivity index (χ1v) is 22.5. The van der Waals surface area contributed by atoms with Crippen molar-refractivity contribution in [1.82, 2.24) is 25.2 Å². The Morgan fingerprint density at radius 3 is 2.48 bits per heavy atom. The monoisotopic (exact) mass is 859 g/mol. The van der Waals surface area contributed by atoms with Crippen LogP contribution in [0.1, 0.15) is 115 Å². The Morgan fingerprint density at radius 2 is 1.77 bits per heavy atom. The number of halogens is 3. The van der Waals surface area contributed by atoms with Crippen LogP contribution in [0.25, 0.3) is 10.9 Å². The summed E-state index contributed by atoms with van der Waals surface area (Å²) in [6.07, 6.45) is 5.74. The van der Waals surface area contributed by atoms with Crippen molar-refractivity contribution < 1.29 is 55.0 Å². The molecule has 0 radical (unpaired) electrons. The van der Waals surface area contributed by atoms with Crippen LogP contribution >= 0.6 is 0 Å². The van der Waals surface area contributed by atoms with Crippen molar-refractivity contribution in [3.8, 4) is 11.5 Å². The molecule has 3 aliphatic heterocycles. The topological polar surface area (TPSA) is 182 Å². The molecule has 14 nitrogen and oxygen atoms in total. The van der Waals surface area contributed by atoms with Gasteiger partial charge >= 0.3 is 12.5 Å². The number of carbonyl (C=O) groups is 4. The summed E-state index contributed by atoms with van der Waals surface area (Å²) in [7, 11) is -4.05. The first-order valence-electron chi connectivity index (χ1n) is 21.0. The van der Waals surface area contributed by atoms with Gasteiger partial charge in [-0.2, -0.15) is 0 Å². The van der Waals surface area contributed by atoms with E-state index in [4.69, 9.17) is 9.47 Å². The number of fused-ring (bicyclic) bond motifs is 5. The van der Waals surface area contributed by atoms with E-state index in [0.29, 0.717) is 72.9 Å². The van der Waals surface area contributed by atoms with E-state index < -0.39 is 85.4 Å². The maximum atomic E-state index is 14.9. The highest BCUT2D eigenvalue weighted by molar-refractivity contribution is 7.91. The fraction of sp³-hybridized carbons (Fsp3) is 0.643. The predicted molar refractivity (Wildman–Crippen MR) is 211 cm³/mol. The van der Waals surface area contributed by atoms with Crippen LogP contribution in [0.2, 0.25) is 0 Å². The lowest BCUT2D eigenvalue weighted by atomic mass is 9.87. The van der Waals surface area contributed by atoms with Gasteiger partial charge in [0, 0.05) is 23.3 Å². The molecule has 3 N–H and O–H groups in total. The Kier molecular flexibility index (Phi) is 10.6. The molecule has 5 unspecified atom stereocenters. The predicted octanol–water partition coefficient (Wildman–Crippen LogP) is 5.93. The van der Waals surface area contributed by atoms with Crippen LogP contribution in [-0.2, 0) is 35.6 Å². The number of allylic oxidation sites excluding steroid dienone is 1. The number of alkyl halides is 3. The van der Waals surface area contributed by atoms with Gasteiger partial charge in [-0.05, 0) is 116 Å². The number of ether oxygens (including phenoxy) is 3. The number of aryl methyl sites for hydroxylation is 2. The normalized spacial score (nSPS) is 29.8. The molecule has 1 aromatic heterocycles. The summed E-state index contributed by atoms with van der Waals surface area (Å²) < 4.78 is 84.0. The van der Waals surface area contributed by atoms with Gasteiger partial charge in [0.05, 0.1) is 22.5 Å². The van der Waals surface area contributed by atoms with Crippen LogP contribution < -0.4 is 24.8 Å². The Bertz CT molecular complexity index is 2240. The second-order valence-electron chi connectivity index (χ2n) is 18.2. The average Bonchev–Trinajstić information content (AvgIpc) is 4.00. The molecule has 0 bridgehead atoms. The highest BCUT2D eigenvalue weighted by Crippen LogP contribution is 2.49. The molecule has 1 aromatic carbocycles. The van der Waals surface area contributed by atoms with Gasteiger partial charge in [-0.3, -0.25) is 19.1 Å². The SMILES string of the molecule is Cc1nc2ccc(OC(F)(F)F)cc2c2c1OC1(CC2)CC2C(=O)NC3(C(=O)NS(=O)(=O)C4(C)CC4)CC3C=CCCCCCC(NC(=O)OC3(C)CCCC3)C(=O)N2C1. The molecule has 3 saturated carbocycles. The van der Waals surface area contributed by atoms with Gasteiger partial charge in [-0.1, -0.05) is 25.0 Å². The molecule has 326 valence electrons. The molecule has 8 rings (SSSR count). The van der Waals surface area contributed by atoms with Crippen molar-refractivity contribution in [3.63, 3.8) is 0 Å². The minimum atomic E-state index is -4.91. The molecule has 4 amide bonds. The van der Waals surface area contributed by atoms with E-state index in [9.17, 15) is 40.8 Å². The summed E-state index contributed by atoms with van der Waals surface area (Å²) >= 11 is 0. The Balaban J connectivity index is 1.13. The van der Waals surface area contributed by atoms with E-state index in [-0.39, 0.29) is 32.2 Å². The fourth-order valence-corrected chi connectivity index (χ4v) is 10.8. The van der Waals surface area contributed by atoms with Crippen LogP contribution in [0.15, 0.2) is 30.4 Å². The number of amides is 4. The standard InChI is InChI=1S/C42H52F3N5O9S/c1-25-33-28(29-21-27(57-42(43,44)45)13-14-30(29)46-25)15-18-40(58-33)23-32-34(51)48-41(36(53)49-60(55,56)39(3)19-20-39)22-26(41)11-7-5-4-6-8-12-31(35(52)50(32)24-40)47-37(54)59-38(2)16-9-10-17-38/h7,11,13-14,21,26,31-32H,4-6,8-10,12,15-20,22-24H2,1-3H3,(H,47,54)(H,48,51)(H,49,53). The molecule has 1 saturated heterocycles. The quantitative estimate of drug-likeness (QED) is 0.295. The van der Waals surface area contributed by atoms with Crippen LogP contribution in [0.4, 0.5) is 18.0 Å². The van der Waals surface area contributed by atoms with Crippen molar-refractivity contribution in [1.29, 1.82) is 0 Å². The minimum Gasteiger partial charge on any atom is -0.483 e. The molecule has 3 aliphatic carbocycles. The van der Waals surface area contributed by atoms with Crippen molar-refractivity contribution in [2.75, 3.05) is 6.54 Å². The molecule has 4 heterocycles. The summed E-state index contributed by atoms with van der Waals surface area (Å²) in [5.74, 6) is -2.67. The Morgan fingerprint density at radius 1 is 1.02 bits per heavy atom. The number of sulfonamides is 1. The zero-order valence-electron chi connectivity index (χ0n) is 34.0. The van der Waals surface area contributed by atoms with Gasteiger partial charge in [-0.15, -0.1) is 13.2 Å². The molecule has 5 atom stereocenters. The van der Waals surface area contributed by atoms with Gasteiger partial charge in [0.15, 0.2) is 0 Å². The van der Waals surface area contributed by atoms with Gasteiger partial charge in [0.1, 0.15) is 40.3 Å². The van der Waals surface area contributed by atoms with Gasteiger partial charge in [0.25, 0.3) is 5.91 Å². The number of nitrogens with one attached hydrogen (secondary N) is 3. The number of nitrogens with zero attached hydrogens (tertiary/aromatic N) is 2. The van der Waals surface area contributed by atoms with Gasteiger partial charge in [-0.25, -0.2) is 18.2 Å². The van der Waals surface area contributed by atoms with Crippen molar-refractivity contribution in [2.24, 2.45) is 5.92 Å².